The highest BCUT2D eigenvalue weighted by atomic mass is 79.9. The van der Waals surface area contributed by atoms with Crippen molar-refractivity contribution in [3.63, 3.8) is 0 Å². The molecule has 2 N–H and O–H groups in total. The number of ether oxygens (including phenoxy) is 3. The first kappa shape index (κ1) is 17.7. The zero-order valence-corrected chi connectivity index (χ0v) is 13.4. The van der Waals surface area contributed by atoms with Gasteiger partial charge in [0.25, 0.3) is 5.78 Å². The summed E-state index contributed by atoms with van der Waals surface area (Å²) in [6.45, 7) is 3.45. The molecule has 0 aromatic carbocycles. The van der Waals surface area contributed by atoms with Gasteiger partial charge in [0.2, 0.25) is 6.10 Å². The number of rotatable bonds is 3. The third-order valence-electron chi connectivity index (χ3n) is 2.54. The van der Waals surface area contributed by atoms with E-state index in [-0.39, 0.29) is 12.4 Å². The number of carbonyl (C=O) groups is 3. The molecule has 1 aliphatic heterocycles. The summed E-state index contributed by atoms with van der Waals surface area (Å²) in [6, 6.07) is -0.827. The van der Waals surface area contributed by atoms with Gasteiger partial charge in [-0.3, -0.25) is 14.0 Å². The lowest BCUT2D eigenvalue weighted by Gasteiger charge is -2.34. The van der Waals surface area contributed by atoms with Crippen LogP contribution in [-0.2, 0) is 33.0 Å². The van der Waals surface area contributed by atoms with Gasteiger partial charge in [-0.2, -0.15) is 0 Å². The van der Waals surface area contributed by atoms with Crippen LogP contribution in [0.3, 0.4) is 0 Å². The molecule has 1 saturated heterocycles. The summed E-state index contributed by atoms with van der Waals surface area (Å²) in [4.78, 5) is 33.3. The summed E-state index contributed by atoms with van der Waals surface area (Å²) < 4.78 is 20.5. The summed E-state index contributed by atoms with van der Waals surface area (Å²) in [5.74, 6) is -1.69. The van der Waals surface area contributed by atoms with Crippen LogP contribution < -0.4 is 5.73 Å². The van der Waals surface area contributed by atoms with Crippen molar-refractivity contribution in [3.8, 4) is 0 Å². The highest BCUT2D eigenvalue weighted by molar-refractivity contribution is 9.09. The largest absolute Gasteiger partial charge is 0.576 e. The van der Waals surface area contributed by atoms with Crippen molar-refractivity contribution in [3.05, 3.63) is 0 Å². The summed E-state index contributed by atoms with van der Waals surface area (Å²) in [7, 11) is 0. The van der Waals surface area contributed by atoms with Crippen molar-refractivity contribution in [1.29, 1.82) is 0 Å². The van der Waals surface area contributed by atoms with Crippen molar-refractivity contribution in [2.45, 2.75) is 44.0 Å². The Labute approximate surface area is 129 Å². The molecule has 0 bridgehead atoms. The van der Waals surface area contributed by atoms with Gasteiger partial charge in [0.1, 0.15) is 23.8 Å². The van der Waals surface area contributed by atoms with Crippen molar-refractivity contribution >= 4 is 39.6 Å². The van der Waals surface area contributed by atoms with Crippen molar-refractivity contribution in [2.24, 2.45) is 5.73 Å². The molecule has 0 aromatic rings. The molecule has 1 rings (SSSR count). The van der Waals surface area contributed by atoms with E-state index in [1.54, 1.807) is 0 Å². The number of nitrogens with two attached hydrogens (primary N) is 1. The van der Waals surface area contributed by atoms with Crippen LogP contribution in [0.4, 0.5) is 0 Å². The van der Waals surface area contributed by atoms with Crippen molar-refractivity contribution in [1.82, 2.24) is 0 Å². The monoisotopic (exact) mass is 366 g/mol. The Hall–Kier alpha value is -1.32. The molecule has 8 nitrogen and oxygen atoms in total. The van der Waals surface area contributed by atoms with Gasteiger partial charge in [-0.1, -0.05) is 15.9 Å². The van der Waals surface area contributed by atoms with E-state index in [1.165, 1.54) is 20.8 Å². The van der Waals surface area contributed by atoms with Crippen LogP contribution in [0.5, 0.6) is 0 Å². The second-order valence-electron chi connectivity index (χ2n) is 4.38. The van der Waals surface area contributed by atoms with Gasteiger partial charge in [-0.05, 0) is 0 Å². The average molecular weight is 367 g/mol. The smallest absolute Gasteiger partial charge is 0.463 e. The molecule has 1 aliphatic rings. The molecular formula is C12H17BrNO7+. The lowest BCUT2D eigenvalue weighted by Crippen LogP contribution is -2.60. The normalized spacial score (nSPS) is 30.8. The van der Waals surface area contributed by atoms with E-state index in [1.807, 2.05) is 0 Å². The van der Waals surface area contributed by atoms with E-state index in [2.05, 4.69) is 15.9 Å². The van der Waals surface area contributed by atoms with Crippen LogP contribution in [0, 0.1) is 0 Å². The van der Waals surface area contributed by atoms with Crippen LogP contribution in [0.15, 0.2) is 0 Å². The van der Waals surface area contributed by atoms with Gasteiger partial charge in [0.15, 0.2) is 0 Å². The summed E-state index contributed by atoms with van der Waals surface area (Å²) in [5.41, 5.74) is 5.87. The van der Waals surface area contributed by atoms with Crippen molar-refractivity contribution < 1.29 is 33.0 Å². The SMILES string of the molecule is CC(=O)OCC1O[C@H](Br)C(N)C(=[O+]C(C)=O)[C@@H]1OC(C)=O. The molecule has 0 aliphatic carbocycles. The molecule has 21 heavy (non-hydrogen) atoms. The minimum absolute atomic E-state index is 0.0444. The molecule has 0 amide bonds. The Bertz CT molecular complexity index is 465. The lowest BCUT2D eigenvalue weighted by molar-refractivity contribution is -0.383. The average Bonchev–Trinajstić information content (AvgIpc) is 2.35. The minimum Gasteiger partial charge on any atom is -0.463 e. The molecule has 4 atom stereocenters. The number of ketones is 1. The maximum atomic E-state index is 11.2. The van der Waals surface area contributed by atoms with Gasteiger partial charge < -0.3 is 19.9 Å². The maximum absolute atomic E-state index is 11.2. The molecule has 0 spiro atoms. The van der Waals surface area contributed by atoms with E-state index in [9.17, 15) is 14.4 Å². The molecule has 0 radical (unpaired) electrons. The maximum Gasteiger partial charge on any atom is 0.576 e. The summed E-state index contributed by atoms with van der Waals surface area (Å²) in [6.07, 6.45) is -1.88. The van der Waals surface area contributed by atoms with E-state index in [0.29, 0.717) is 0 Å². The van der Waals surface area contributed by atoms with E-state index >= 15 is 0 Å². The molecule has 0 aromatic heterocycles. The Morgan fingerprint density at radius 3 is 2.38 bits per heavy atom. The van der Waals surface area contributed by atoms with E-state index in [4.69, 9.17) is 24.4 Å². The predicted octanol–water partition coefficient (Wildman–Crippen LogP) is -0.420. The Morgan fingerprint density at radius 1 is 1.29 bits per heavy atom. The zero-order chi connectivity index (χ0) is 16.2. The Morgan fingerprint density at radius 2 is 1.90 bits per heavy atom. The highest BCUT2D eigenvalue weighted by Gasteiger charge is 2.48. The molecule has 1 heterocycles. The van der Waals surface area contributed by atoms with Crippen molar-refractivity contribution in [2.75, 3.05) is 6.61 Å². The standard InChI is InChI=1S/C12H17BrNO7/c1-5(15)18-4-8-10(19-6(2)16)11(20-7(3)17)9(14)12(13)21-8/h8-10,12H,4,14H2,1-3H3/q+1/t8?,9?,10-,12+/m1/s1. The number of halogens is 1. The van der Waals surface area contributed by atoms with E-state index in [0.717, 1.165) is 0 Å². The fourth-order valence-electron chi connectivity index (χ4n) is 1.76. The third kappa shape index (κ3) is 5.18. The van der Waals surface area contributed by atoms with Gasteiger partial charge in [-0.15, -0.1) is 0 Å². The minimum atomic E-state index is -1.05. The number of hydrogen-bond donors (Lipinski definition) is 1. The second-order valence-corrected chi connectivity index (χ2v) is 5.28. The Balaban J connectivity index is 3.06. The first-order valence-electron chi connectivity index (χ1n) is 6.13. The molecule has 118 valence electrons. The fourth-order valence-corrected chi connectivity index (χ4v) is 2.29. The van der Waals surface area contributed by atoms with Crippen LogP contribution >= 0.6 is 15.9 Å². The fraction of sp³-hybridized carbons (Fsp3) is 0.667. The van der Waals surface area contributed by atoms with Gasteiger partial charge in [0, 0.05) is 18.6 Å². The van der Waals surface area contributed by atoms with Gasteiger partial charge >= 0.3 is 17.9 Å². The quantitative estimate of drug-likeness (QED) is 0.409. The third-order valence-corrected chi connectivity index (χ3v) is 3.32. The molecule has 9 heteroatoms. The topological polar surface area (TPSA) is 116 Å². The second kappa shape index (κ2) is 7.62. The zero-order valence-electron chi connectivity index (χ0n) is 11.8. The number of hydrogen-bond acceptors (Lipinski definition) is 7. The molecular weight excluding hydrogens is 350 g/mol. The van der Waals surface area contributed by atoms with Crippen LogP contribution in [-0.4, -0.2) is 53.6 Å². The first-order valence-corrected chi connectivity index (χ1v) is 7.04. The van der Waals surface area contributed by atoms with Crippen LogP contribution in [0.1, 0.15) is 20.8 Å². The summed E-state index contributed by atoms with van der Waals surface area (Å²) >= 11 is 3.18. The Kier molecular flexibility index (Phi) is 6.43. The highest BCUT2D eigenvalue weighted by Crippen LogP contribution is 2.23. The van der Waals surface area contributed by atoms with Crippen LogP contribution in [0.25, 0.3) is 0 Å². The first-order chi connectivity index (χ1) is 9.72. The van der Waals surface area contributed by atoms with Crippen LogP contribution in [0.2, 0.25) is 0 Å². The predicted molar refractivity (Wildman–Crippen MR) is 73.4 cm³/mol. The summed E-state index contributed by atoms with van der Waals surface area (Å²) in [5, 5.41) is -0.681. The van der Waals surface area contributed by atoms with Gasteiger partial charge in [-0.25, -0.2) is 0 Å². The number of esters is 2. The molecule has 2 unspecified atom stereocenters. The molecule has 0 saturated carbocycles. The lowest BCUT2D eigenvalue weighted by atomic mass is 10.0. The van der Waals surface area contributed by atoms with Gasteiger partial charge in [0.05, 0.1) is 6.92 Å². The number of carbonyl (C=O) groups excluding carboxylic acids is 4. The number of alkyl halides is 1. The molecule has 1 fully saturated rings. The van der Waals surface area contributed by atoms with E-state index < -0.39 is 41.2 Å².